The van der Waals surface area contributed by atoms with E-state index in [1.165, 1.54) is 6.42 Å². The number of methoxy groups -OCH3 is 1. The van der Waals surface area contributed by atoms with E-state index in [2.05, 4.69) is 28.5 Å². The lowest BCUT2D eigenvalue weighted by Crippen LogP contribution is -2.39. The second-order valence-corrected chi connectivity index (χ2v) is 9.70. The van der Waals surface area contributed by atoms with Crippen molar-refractivity contribution in [3.63, 3.8) is 0 Å². The Balaban J connectivity index is 1.66. The van der Waals surface area contributed by atoms with Crippen LogP contribution in [-0.2, 0) is 10.0 Å². The van der Waals surface area contributed by atoms with Crippen LogP contribution in [0, 0.1) is 11.8 Å². The maximum atomic E-state index is 12.6. The van der Waals surface area contributed by atoms with E-state index in [1.807, 2.05) is 6.92 Å². The molecule has 7 heteroatoms. The van der Waals surface area contributed by atoms with Crippen molar-refractivity contribution in [3.8, 4) is 5.75 Å². The highest BCUT2D eigenvalue weighted by Gasteiger charge is 2.32. The summed E-state index contributed by atoms with van der Waals surface area (Å²) in [6.07, 6.45) is 2.23. The van der Waals surface area contributed by atoms with Gasteiger partial charge < -0.3 is 9.64 Å². The number of amidine groups is 1. The van der Waals surface area contributed by atoms with Crippen LogP contribution in [0.1, 0.15) is 39.2 Å². The van der Waals surface area contributed by atoms with Gasteiger partial charge in [-0.05, 0) is 68.0 Å². The Hall–Kier alpha value is -1.86. The van der Waals surface area contributed by atoms with Crippen LogP contribution in [0.3, 0.4) is 0 Å². The fourth-order valence-electron chi connectivity index (χ4n) is 4.29. The number of hydrogen-bond donors (Lipinski definition) is 1. The molecule has 2 heterocycles. The lowest BCUT2D eigenvalue weighted by Gasteiger charge is -2.34. The largest absolute Gasteiger partial charge is 0.497 e. The highest BCUT2D eigenvalue weighted by atomic mass is 32.2. The van der Waals surface area contributed by atoms with Crippen LogP contribution in [0.5, 0.6) is 5.75 Å². The zero-order valence-electron chi connectivity index (χ0n) is 17.2. The van der Waals surface area contributed by atoms with Crippen molar-refractivity contribution < 1.29 is 13.2 Å². The third-order valence-corrected chi connectivity index (χ3v) is 6.94. The van der Waals surface area contributed by atoms with E-state index in [0.717, 1.165) is 37.9 Å². The lowest BCUT2D eigenvalue weighted by atomic mass is 9.92. The molecule has 0 amide bonds. The molecule has 0 saturated carbocycles. The quantitative estimate of drug-likeness (QED) is 0.738. The Morgan fingerprint density at radius 3 is 2.43 bits per heavy atom. The minimum absolute atomic E-state index is 0.299. The van der Waals surface area contributed by atoms with Crippen LogP contribution in [0.15, 0.2) is 34.8 Å². The summed E-state index contributed by atoms with van der Waals surface area (Å²) in [5.74, 6) is 2.65. The Morgan fingerprint density at radius 1 is 1.18 bits per heavy atom. The van der Waals surface area contributed by atoms with Gasteiger partial charge in [-0.25, -0.2) is 8.42 Å². The second kappa shape index (κ2) is 8.66. The smallest absolute Gasteiger partial charge is 0.264 e. The maximum Gasteiger partial charge on any atom is 0.264 e. The summed E-state index contributed by atoms with van der Waals surface area (Å²) in [7, 11) is -2.00. The first-order valence-corrected chi connectivity index (χ1v) is 11.4. The summed E-state index contributed by atoms with van der Waals surface area (Å²) in [6, 6.07) is 7.05. The van der Waals surface area contributed by atoms with Crippen LogP contribution in [0.2, 0.25) is 0 Å². The number of likely N-dealkylation sites (tertiary alicyclic amines) is 1. The molecule has 3 rings (SSSR count). The van der Waals surface area contributed by atoms with Gasteiger partial charge in [0.05, 0.1) is 7.11 Å². The normalized spacial score (nSPS) is 26.5. The van der Waals surface area contributed by atoms with E-state index in [-0.39, 0.29) is 0 Å². The molecule has 2 atom stereocenters. The van der Waals surface area contributed by atoms with Gasteiger partial charge in [-0.3, -0.25) is 9.71 Å². The first-order chi connectivity index (χ1) is 13.3. The van der Waals surface area contributed by atoms with Gasteiger partial charge in [-0.15, -0.1) is 0 Å². The Morgan fingerprint density at radius 2 is 1.82 bits per heavy atom. The van der Waals surface area contributed by atoms with Gasteiger partial charge in [0.1, 0.15) is 16.5 Å². The molecule has 28 heavy (non-hydrogen) atoms. The summed E-state index contributed by atoms with van der Waals surface area (Å²) in [6.45, 7) is 10.3. The van der Waals surface area contributed by atoms with Gasteiger partial charge >= 0.3 is 0 Å². The standard InChI is InChI=1S/C21H31N3O3S/c1-15-12-16(2)14-24(13-15)11-5-10-22-21-17(3)20(28(25,26)23-21)18-6-8-19(27-4)9-7-18/h6-9,15-16H,5,10-14H2,1-4H3,(H,22,23)/t15-,16+. The van der Waals surface area contributed by atoms with Crippen LogP contribution in [0.25, 0.3) is 4.91 Å². The molecule has 6 nitrogen and oxygen atoms in total. The molecule has 1 fully saturated rings. The first-order valence-electron chi connectivity index (χ1n) is 9.95. The third-order valence-electron chi connectivity index (χ3n) is 5.39. The molecule has 0 radical (unpaired) electrons. The zero-order valence-corrected chi connectivity index (χ0v) is 18.1. The average molecular weight is 406 g/mol. The van der Waals surface area contributed by atoms with E-state index in [1.54, 1.807) is 31.4 Å². The fraction of sp³-hybridized carbons (Fsp3) is 0.571. The van der Waals surface area contributed by atoms with Crippen molar-refractivity contribution in [2.75, 3.05) is 33.3 Å². The molecule has 2 aliphatic rings. The van der Waals surface area contributed by atoms with E-state index in [9.17, 15) is 8.42 Å². The zero-order chi connectivity index (χ0) is 20.3. The van der Waals surface area contributed by atoms with Gasteiger partial charge in [0.25, 0.3) is 10.0 Å². The van der Waals surface area contributed by atoms with Crippen molar-refractivity contribution in [1.82, 2.24) is 9.62 Å². The van der Waals surface area contributed by atoms with E-state index in [4.69, 9.17) is 4.74 Å². The van der Waals surface area contributed by atoms with E-state index < -0.39 is 10.0 Å². The van der Waals surface area contributed by atoms with E-state index >= 15 is 0 Å². The van der Waals surface area contributed by atoms with Crippen molar-refractivity contribution in [3.05, 3.63) is 35.4 Å². The van der Waals surface area contributed by atoms with Crippen molar-refractivity contribution in [1.29, 1.82) is 0 Å². The Kier molecular flexibility index (Phi) is 6.45. The molecular weight excluding hydrogens is 374 g/mol. The second-order valence-electron chi connectivity index (χ2n) is 8.08. The predicted octanol–water partition coefficient (Wildman–Crippen LogP) is 3.13. The number of nitrogens with one attached hydrogen (secondary N) is 1. The third kappa shape index (κ3) is 4.75. The highest BCUT2D eigenvalue weighted by molar-refractivity contribution is 8.00. The summed E-state index contributed by atoms with van der Waals surface area (Å²) < 4.78 is 33.0. The van der Waals surface area contributed by atoms with Gasteiger partial charge in [0.2, 0.25) is 0 Å². The first kappa shape index (κ1) is 20.9. The predicted molar refractivity (Wildman–Crippen MR) is 114 cm³/mol. The van der Waals surface area contributed by atoms with Gasteiger partial charge in [0.15, 0.2) is 0 Å². The molecule has 1 aromatic carbocycles. The molecule has 0 aliphatic carbocycles. The van der Waals surface area contributed by atoms with Crippen molar-refractivity contribution in [2.45, 2.75) is 33.6 Å². The van der Waals surface area contributed by atoms with Gasteiger partial charge in [-0.1, -0.05) is 13.8 Å². The van der Waals surface area contributed by atoms with Crippen molar-refractivity contribution >= 4 is 20.8 Å². The Bertz CT molecular complexity index is 849. The molecular formula is C21H31N3O3S. The van der Waals surface area contributed by atoms with Crippen LogP contribution >= 0.6 is 0 Å². The minimum atomic E-state index is -3.58. The van der Waals surface area contributed by atoms with Gasteiger partial charge in [0, 0.05) is 25.2 Å². The fourth-order valence-corrected chi connectivity index (χ4v) is 5.81. The number of ether oxygens (including phenoxy) is 1. The molecule has 2 aliphatic heterocycles. The summed E-state index contributed by atoms with van der Waals surface area (Å²) in [5.41, 5.74) is 1.32. The van der Waals surface area contributed by atoms with E-state index in [0.29, 0.717) is 34.2 Å². The lowest BCUT2D eigenvalue weighted by molar-refractivity contribution is 0.140. The molecule has 0 aromatic heterocycles. The van der Waals surface area contributed by atoms with Crippen LogP contribution in [-0.4, -0.2) is 52.4 Å². The molecule has 154 valence electrons. The molecule has 0 unspecified atom stereocenters. The van der Waals surface area contributed by atoms with Crippen LogP contribution < -0.4 is 9.46 Å². The maximum absolute atomic E-state index is 12.6. The number of rotatable bonds is 6. The highest BCUT2D eigenvalue weighted by Crippen LogP contribution is 2.30. The van der Waals surface area contributed by atoms with Crippen LogP contribution in [0.4, 0.5) is 0 Å². The SMILES string of the molecule is COc1ccc(C2=C(C)C(=NCCCN3C[C@H](C)C[C@H](C)C3)NS2(=O)=O)cc1. The molecule has 0 spiro atoms. The monoisotopic (exact) mass is 405 g/mol. The average Bonchev–Trinajstić information content (AvgIpc) is 2.86. The minimum Gasteiger partial charge on any atom is -0.497 e. The Labute approximate surface area is 168 Å². The number of benzene rings is 1. The number of piperidine rings is 1. The number of nitrogens with zero attached hydrogens (tertiary/aromatic N) is 2. The molecule has 1 saturated heterocycles. The van der Waals surface area contributed by atoms with Crippen molar-refractivity contribution in [2.24, 2.45) is 16.8 Å². The molecule has 0 bridgehead atoms. The number of hydrogen-bond acceptors (Lipinski definition) is 5. The summed E-state index contributed by atoms with van der Waals surface area (Å²) in [4.78, 5) is 7.35. The topological polar surface area (TPSA) is 71.0 Å². The molecule has 1 N–H and O–H groups in total. The number of aliphatic imine (C=N–C) groups is 1. The number of sulfonamides is 1. The summed E-state index contributed by atoms with van der Waals surface area (Å²) in [5, 5.41) is 0. The molecule has 1 aromatic rings. The summed E-state index contributed by atoms with van der Waals surface area (Å²) >= 11 is 0. The van der Waals surface area contributed by atoms with Gasteiger partial charge in [-0.2, -0.15) is 0 Å².